The van der Waals surface area contributed by atoms with Crippen molar-refractivity contribution in [3.05, 3.63) is 193 Å². The molecule has 0 radical (unpaired) electrons. The summed E-state index contributed by atoms with van der Waals surface area (Å²) in [7, 11) is 0. The predicted molar refractivity (Wildman–Crippen MR) is 225 cm³/mol. The molecule has 3 heterocycles. The van der Waals surface area contributed by atoms with Gasteiger partial charge in [0.1, 0.15) is 11.5 Å². The van der Waals surface area contributed by atoms with Gasteiger partial charge in [0.15, 0.2) is 0 Å². The first-order chi connectivity index (χ1) is 26.6. The van der Waals surface area contributed by atoms with Gasteiger partial charge in [0, 0.05) is 44.1 Å². The monoisotopic (exact) mass is 692 g/mol. The van der Waals surface area contributed by atoms with Crippen LogP contribution in [0.15, 0.2) is 182 Å². The van der Waals surface area contributed by atoms with Crippen molar-refractivity contribution in [3.63, 3.8) is 0 Å². The molecule has 0 fully saturated rings. The lowest BCUT2D eigenvalue weighted by atomic mass is 9.73. The molecule has 1 aliphatic heterocycles. The van der Waals surface area contributed by atoms with Crippen LogP contribution >= 0.6 is 0 Å². The zero-order valence-electron chi connectivity index (χ0n) is 30.1. The van der Waals surface area contributed by atoms with Gasteiger partial charge in [-0.25, -0.2) is 0 Å². The average Bonchev–Trinajstić information content (AvgIpc) is 3.75. The van der Waals surface area contributed by atoms with Crippen LogP contribution in [0.4, 0.5) is 0 Å². The lowest BCUT2D eigenvalue weighted by molar-refractivity contribution is 0.426. The van der Waals surface area contributed by atoms with E-state index in [0.717, 1.165) is 39.3 Å². The maximum Gasteiger partial charge on any atom is 0.141 e. The molecule has 11 rings (SSSR count). The third-order valence-electron chi connectivity index (χ3n) is 11.5. The van der Waals surface area contributed by atoms with Crippen molar-refractivity contribution < 1.29 is 4.74 Å². The Morgan fingerprint density at radius 3 is 1.65 bits per heavy atom. The zero-order chi connectivity index (χ0) is 36.0. The molecule has 54 heavy (non-hydrogen) atoms. The van der Waals surface area contributed by atoms with E-state index in [1.54, 1.807) is 0 Å². The number of rotatable bonds is 4. The Hall–Kier alpha value is -6.84. The molecule has 1 aliphatic rings. The van der Waals surface area contributed by atoms with Crippen molar-refractivity contribution >= 4 is 43.6 Å². The number of hydrogen-bond donors (Lipinski definition) is 0. The number of ether oxygens (including phenoxy) is 1. The van der Waals surface area contributed by atoms with Gasteiger partial charge in [-0.05, 0) is 76.9 Å². The van der Waals surface area contributed by atoms with Crippen LogP contribution in [-0.2, 0) is 5.41 Å². The van der Waals surface area contributed by atoms with E-state index in [9.17, 15) is 0 Å². The molecule has 2 aromatic heterocycles. The largest absolute Gasteiger partial charge is 0.456 e. The first-order valence-electron chi connectivity index (χ1n) is 18.7. The summed E-state index contributed by atoms with van der Waals surface area (Å²) < 4.78 is 12.0. The van der Waals surface area contributed by atoms with Gasteiger partial charge in [-0.2, -0.15) is 0 Å². The molecule has 0 saturated heterocycles. The van der Waals surface area contributed by atoms with Gasteiger partial charge < -0.3 is 13.9 Å². The molecule has 8 aromatic carbocycles. The predicted octanol–water partition coefficient (Wildman–Crippen LogP) is 13.6. The van der Waals surface area contributed by atoms with Crippen LogP contribution in [-0.4, -0.2) is 9.13 Å². The highest BCUT2D eigenvalue weighted by atomic mass is 16.5. The van der Waals surface area contributed by atoms with Crippen LogP contribution in [0.5, 0.6) is 11.5 Å². The van der Waals surface area contributed by atoms with Gasteiger partial charge in [-0.15, -0.1) is 0 Å². The van der Waals surface area contributed by atoms with Crippen LogP contribution in [0.25, 0.3) is 77.2 Å². The molecule has 0 aliphatic carbocycles. The zero-order valence-corrected chi connectivity index (χ0v) is 30.1. The number of para-hydroxylation sites is 2. The normalized spacial score (nSPS) is 13.3. The van der Waals surface area contributed by atoms with Crippen molar-refractivity contribution in [2.75, 3.05) is 0 Å². The Balaban J connectivity index is 1.11. The minimum absolute atomic E-state index is 0.349. The standard InChI is InChI=1S/C51H36N2O/c1-51(2)41-28-29-45-48(40-21-10-12-23-43(40)52(45)37-26-24-35(25-27-37)33-14-5-3-6-15-33)50(41)54-46-31-30-44-47(49(46)51)39-20-9-11-22-42(39)53(44)38-19-13-18-36(32-38)34-16-7-4-8-17-34/h3-32H,1-2H3. The molecule has 10 aromatic rings. The van der Waals surface area contributed by atoms with E-state index in [1.807, 2.05) is 0 Å². The Morgan fingerprint density at radius 1 is 0.407 bits per heavy atom. The number of aromatic nitrogens is 2. The van der Waals surface area contributed by atoms with Gasteiger partial charge in [0.25, 0.3) is 0 Å². The van der Waals surface area contributed by atoms with Crippen LogP contribution in [0.3, 0.4) is 0 Å². The summed E-state index contributed by atoms with van der Waals surface area (Å²) >= 11 is 0. The van der Waals surface area contributed by atoms with Crippen molar-refractivity contribution in [1.29, 1.82) is 0 Å². The molecule has 0 atom stereocenters. The first kappa shape index (κ1) is 30.8. The van der Waals surface area contributed by atoms with Gasteiger partial charge in [-0.3, -0.25) is 0 Å². The van der Waals surface area contributed by atoms with Crippen molar-refractivity contribution in [2.24, 2.45) is 0 Å². The van der Waals surface area contributed by atoms with Gasteiger partial charge in [0.05, 0.1) is 27.5 Å². The van der Waals surface area contributed by atoms with E-state index in [1.165, 1.54) is 60.6 Å². The lowest BCUT2D eigenvalue weighted by Crippen LogP contribution is -2.24. The summed E-state index contributed by atoms with van der Waals surface area (Å²) in [6, 6.07) is 65.5. The number of benzene rings is 8. The fourth-order valence-electron chi connectivity index (χ4n) is 9.06. The number of hydrogen-bond acceptors (Lipinski definition) is 1. The van der Waals surface area contributed by atoms with Crippen LogP contribution in [0, 0.1) is 0 Å². The van der Waals surface area contributed by atoms with Crippen molar-refractivity contribution in [1.82, 2.24) is 9.13 Å². The quantitative estimate of drug-likeness (QED) is 0.180. The molecular weight excluding hydrogens is 657 g/mol. The highest BCUT2D eigenvalue weighted by molar-refractivity contribution is 6.15. The Morgan fingerprint density at radius 2 is 0.944 bits per heavy atom. The molecule has 3 heteroatoms. The van der Waals surface area contributed by atoms with E-state index in [4.69, 9.17) is 4.74 Å². The Bertz CT molecular complexity index is 3080. The minimum atomic E-state index is -0.349. The maximum absolute atomic E-state index is 7.19. The second kappa shape index (κ2) is 11.6. The third kappa shape index (κ3) is 4.42. The van der Waals surface area contributed by atoms with E-state index >= 15 is 0 Å². The summed E-state index contributed by atoms with van der Waals surface area (Å²) in [6.07, 6.45) is 0. The number of fused-ring (bicyclic) bond motifs is 10. The van der Waals surface area contributed by atoms with Crippen LogP contribution in [0.2, 0.25) is 0 Å². The molecule has 256 valence electrons. The van der Waals surface area contributed by atoms with Crippen LogP contribution < -0.4 is 4.74 Å². The lowest BCUT2D eigenvalue weighted by Gasteiger charge is -2.35. The molecule has 0 unspecified atom stereocenters. The second-order valence-corrected chi connectivity index (χ2v) is 14.9. The number of nitrogens with zero attached hydrogens (tertiary/aromatic N) is 2. The highest BCUT2D eigenvalue weighted by Gasteiger charge is 2.39. The van der Waals surface area contributed by atoms with Gasteiger partial charge in [-0.1, -0.05) is 141 Å². The molecule has 0 saturated carbocycles. The SMILES string of the molecule is CC1(C)c2ccc3c(c2Oc2ccc4c(c21)c1ccccc1n4-c1cccc(-c2ccccc2)c1)c1ccccc1n3-c1ccc(-c2ccccc2)cc1. The smallest absolute Gasteiger partial charge is 0.141 e. The molecule has 0 N–H and O–H groups in total. The fourth-order valence-corrected chi connectivity index (χ4v) is 9.06. The summed E-state index contributed by atoms with van der Waals surface area (Å²) in [5.74, 6) is 1.86. The third-order valence-corrected chi connectivity index (χ3v) is 11.5. The molecule has 0 spiro atoms. The minimum Gasteiger partial charge on any atom is -0.456 e. The second-order valence-electron chi connectivity index (χ2n) is 14.9. The topological polar surface area (TPSA) is 19.1 Å². The summed E-state index contributed by atoms with van der Waals surface area (Å²) in [5.41, 5.74) is 13.8. The fraction of sp³-hybridized carbons (Fsp3) is 0.0588. The van der Waals surface area contributed by atoms with E-state index in [2.05, 4.69) is 205 Å². The van der Waals surface area contributed by atoms with Crippen molar-refractivity contribution in [2.45, 2.75) is 19.3 Å². The average molecular weight is 693 g/mol. The van der Waals surface area contributed by atoms with Crippen LogP contribution in [0.1, 0.15) is 25.0 Å². The van der Waals surface area contributed by atoms with E-state index < -0.39 is 0 Å². The molecule has 0 bridgehead atoms. The molecular formula is C51H36N2O. The van der Waals surface area contributed by atoms with E-state index in [0.29, 0.717) is 0 Å². The molecule has 0 amide bonds. The Labute approximate surface area is 313 Å². The van der Waals surface area contributed by atoms with Gasteiger partial charge in [0.2, 0.25) is 0 Å². The first-order valence-corrected chi connectivity index (χ1v) is 18.7. The highest BCUT2D eigenvalue weighted by Crippen LogP contribution is 2.55. The Kier molecular flexibility index (Phi) is 6.60. The summed E-state index contributed by atoms with van der Waals surface area (Å²) in [5, 5.41) is 4.80. The molecule has 3 nitrogen and oxygen atoms in total. The summed E-state index contributed by atoms with van der Waals surface area (Å²) in [6.45, 7) is 4.73. The van der Waals surface area contributed by atoms with Gasteiger partial charge >= 0.3 is 0 Å². The van der Waals surface area contributed by atoms with Crippen molar-refractivity contribution in [3.8, 4) is 45.1 Å². The summed E-state index contributed by atoms with van der Waals surface area (Å²) in [4.78, 5) is 0. The van der Waals surface area contributed by atoms with E-state index in [-0.39, 0.29) is 5.41 Å². The maximum atomic E-state index is 7.19.